The van der Waals surface area contributed by atoms with Crippen LogP contribution >= 0.6 is 0 Å². The van der Waals surface area contributed by atoms with E-state index in [0.717, 1.165) is 5.71 Å². The zero-order chi connectivity index (χ0) is 11.6. The van der Waals surface area contributed by atoms with Gasteiger partial charge >= 0.3 is 5.97 Å². The van der Waals surface area contributed by atoms with Crippen LogP contribution in [0.4, 0.5) is 0 Å². The molecule has 1 aliphatic carbocycles. The SMILES string of the molecule is CC1(C[13C](=O)O)CC(C2CCCCC2)=NO1. The number of carbonyl (C=O) groups is 1. The lowest BCUT2D eigenvalue weighted by atomic mass is 9.82. The molecule has 0 radical (unpaired) electrons. The first-order chi connectivity index (χ1) is 7.59. The lowest BCUT2D eigenvalue weighted by molar-refractivity contribution is -0.143. The molecule has 0 aromatic heterocycles. The normalized spacial score (nSPS) is 30.9. The highest BCUT2D eigenvalue weighted by Crippen LogP contribution is 2.34. The van der Waals surface area contributed by atoms with E-state index in [1.54, 1.807) is 0 Å². The van der Waals surface area contributed by atoms with Crippen LogP contribution in [0.25, 0.3) is 0 Å². The fourth-order valence-corrected chi connectivity index (χ4v) is 2.69. The van der Waals surface area contributed by atoms with E-state index in [4.69, 9.17) is 9.94 Å². The molecule has 1 N–H and O–H groups in total. The molecule has 4 heteroatoms. The van der Waals surface area contributed by atoms with Crippen molar-refractivity contribution in [2.45, 2.75) is 57.5 Å². The second kappa shape index (κ2) is 4.44. The molecule has 2 rings (SSSR count). The Kier molecular flexibility index (Phi) is 3.17. The van der Waals surface area contributed by atoms with Gasteiger partial charge in [-0.25, -0.2) is 0 Å². The maximum atomic E-state index is 10.7. The highest BCUT2D eigenvalue weighted by Gasteiger charge is 2.39. The number of hydrogen-bond acceptors (Lipinski definition) is 3. The smallest absolute Gasteiger partial charge is 0.307 e. The molecule has 2 aliphatic rings. The van der Waals surface area contributed by atoms with Gasteiger partial charge < -0.3 is 9.94 Å². The molecule has 4 nitrogen and oxygen atoms in total. The molecule has 0 saturated heterocycles. The quantitative estimate of drug-likeness (QED) is 0.752. The van der Waals surface area contributed by atoms with E-state index >= 15 is 0 Å². The fraction of sp³-hybridized carbons (Fsp3) is 0.833. The molecular weight excluding hydrogens is 207 g/mol. The van der Waals surface area contributed by atoms with E-state index in [-0.39, 0.29) is 6.42 Å². The molecule has 0 spiro atoms. The predicted molar refractivity (Wildman–Crippen MR) is 60.4 cm³/mol. The monoisotopic (exact) mass is 226 g/mol. The summed E-state index contributed by atoms with van der Waals surface area (Å²) in [4.78, 5) is 16.0. The number of nitrogens with zero attached hydrogens (tertiary/aromatic N) is 1. The number of hydrogen-bond donors (Lipinski definition) is 1. The van der Waals surface area contributed by atoms with Gasteiger partial charge in [-0.1, -0.05) is 24.4 Å². The Morgan fingerprint density at radius 3 is 2.81 bits per heavy atom. The first-order valence-corrected chi connectivity index (χ1v) is 6.06. The Labute approximate surface area is 95.7 Å². The van der Waals surface area contributed by atoms with E-state index < -0.39 is 11.6 Å². The number of aliphatic carboxylic acids is 1. The second-order valence-corrected chi connectivity index (χ2v) is 5.21. The lowest BCUT2D eigenvalue weighted by Gasteiger charge is -2.22. The van der Waals surface area contributed by atoms with E-state index in [0.29, 0.717) is 12.3 Å². The summed E-state index contributed by atoms with van der Waals surface area (Å²) in [5, 5.41) is 12.9. The van der Waals surface area contributed by atoms with Crippen LogP contribution in [0.5, 0.6) is 0 Å². The Morgan fingerprint density at radius 2 is 2.19 bits per heavy atom. The van der Waals surface area contributed by atoms with E-state index in [1.165, 1.54) is 32.1 Å². The number of carboxylic acids is 1. The molecule has 1 aliphatic heterocycles. The zero-order valence-corrected chi connectivity index (χ0v) is 9.74. The van der Waals surface area contributed by atoms with Gasteiger partial charge in [0.25, 0.3) is 0 Å². The maximum absolute atomic E-state index is 10.7. The highest BCUT2D eigenvalue weighted by atomic mass is 16.7. The van der Waals surface area contributed by atoms with Gasteiger partial charge in [-0.3, -0.25) is 4.79 Å². The molecular formula is C12H19NO3. The van der Waals surface area contributed by atoms with Crippen molar-refractivity contribution in [1.29, 1.82) is 0 Å². The van der Waals surface area contributed by atoms with Gasteiger partial charge in [-0.05, 0) is 19.8 Å². The van der Waals surface area contributed by atoms with Crippen molar-refractivity contribution in [3.05, 3.63) is 0 Å². The summed E-state index contributed by atoms with van der Waals surface area (Å²) in [6.07, 6.45) is 6.93. The minimum absolute atomic E-state index is 0.0344. The largest absolute Gasteiger partial charge is 0.481 e. The summed E-state index contributed by atoms with van der Waals surface area (Å²) >= 11 is 0. The highest BCUT2D eigenvalue weighted by molar-refractivity contribution is 5.89. The molecule has 1 unspecified atom stereocenters. The third kappa shape index (κ3) is 2.54. The molecule has 16 heavy (non-hydrogen) atoms. The summed E-state index contributed by atoms with van der Waals surface area (Å²) in [5.74, 6) is -0.285. The van der Waals surface area contributed by atoms with Crippen LogP contribution in [-0.2, 0) is 9.63 Å². The Hall–Kier alpha value is -1.06. The summed E-state index contributed by atoms with van der Waals surface area (Å²) in [6, 6.07) is 0. The summed E-state index contributed by atoms with van der Waals surface area (Å²) in [5.41, 5.74) is 0.474. The van der Waals surface area contributed by atoms with Crippen LogP contribution in [0.3, 0.4) is 0 Å². The molecule has 90 valence electrons. The maximum Gasteiger partial charge on any atom is 0.307 e. The van der Waals surface area contributed by atoms with Crippen LogP contribution in [0, 0.1) is 5.92 Å². The average Bonchev–Trinajstić information content (AvgIpc) is 2.61. The van der Waals surface area contributed by atoms with E-state index in [2.05, 4.69) is 5.16 Å². The fourth-order valence-electron chi connectivity index (χ4n) is 2.69. The second-order valence-electron chi connectivity index (χ2n) is 5.21. The molecule has 0 amide bonds. The molecule has 0 aromatic carbocycles. The Bertz CT molecular complexity index is 307. The topological polar surface area (TPSA) is 58.9 Å². The van der Waals surface area contributed by atoms with Gasteiger partial charge in [-0.2, -0.15) is 0 Å². The Balaban J connectivity index is 1.92. The van der Waals surface area contributed by atoms with Crippen LogP contribution in [0.15, 0.2) is 5.16 Å². The van der Waals surface area contributed by atoms with Gasteiger partial charge in [0, 0.05) is 12.3 Å². The zero-order valence-electron chi connectivity index (χ0n) is 9.74. The van der Waals surface area contributed by atoms with Gasteiger partial charge in [0.2, 0.25) is 0 Å². The number of rotatable bonds is 3. The third-order valence-corrected chi connectivity index (χ3v) is 3.54. The van der Waals surface area contributed by atoms with Gasteiger partial charge in [0.1, 0.15) is 0 Å². The standard InChI is InChI=1S/C12H19NO3/c1-12(8-11(14)15)7-10(13-16-12)9-5-3-2-4-6-9/h9H,2-8H2,1H3,(H,14,15)/i11+1. The predicted octanol–water partition coefficient (Wildman–Crippen LogP) is 2.58. The summed E-state index contributed by atoms with van der Waals surface area (Å²) in [6.45, 7) is 1.83. The number of oxime groups is 1. The molecule has 1 fully saturated rings. The van der Waals surface area contributed by atoms with Gasteiger partial charge in [0.05, 0.1) is 12.1 Å². The van der Waals surface area contributed by atoms with Crippen molar-refractivity contribution in [3.63, 3.8) is 0 Å². The summed E-state index contributed by atoms with van der Waals surface area (Å²) < 4.78 is 0. The van der Waals surface area contributed by atoms with Crippen molar-refractivity contribution in [2.24, 2.45) is 11.1 Å². The molecule has 1 saturated carbocycles. The minimum atomic E-state index is -0.817. The third-order valence-electron chi connectivity index (χ3n) is 3.54. The van der Waals surface area contributed by atoms with Crippen molar-refractivity contribution < 1.29 is 14.7 Å². The number of carboxylic acid groups (broad SMARTS) is 1. The van der Waals surface area contributed by atoms with Crippen molar-refractivity contribution >= 4 is 11.7 Å². The molecule has 1 heterocycles. The first kappa shape index (κ1) is 11.4. The van der Waals surface area contributed by atoms with Crippen LogP contribution in [0.1, 0.15) is 51.9 Å². The summed E-state index contributed by atoms with van der Waals surface area (Å²) in [7, 11) is 0. The van der Waals surface area contributed by atoms with Gasteiger partial charge in [-0.15, -0.1) is 0 Å². The van der Waals surface area contributed by atoms with E-state index in [1.807, 2.05) is 6.92 Å². The van der Waals surface area contributed by atoms with Crippen molar-refractivity contribution in [1.82, 2.24) is 0 Å². The molecule has 1 atom stereocenters. The lowest BCUT2D eigenvalue weighted by Crippen LogP contribution is -2.29. The van der Waals surface area contributed by atoms with E-state index in [9.17, 15) is 4.79 Å². The molecule has 0 aromatic rings. The van der Waals surface area contributed by atoms with Crippen LogP contribution in [0.2, 0.25) is 0 Å². The van der Waals surface area contributed by atoms with Crippen molar-refractivity contribution in [3.8, 4) is 0 Å². The van der Waals surface area contributed by atoms with Gasteiger partial charge in [0.15, 0.2) is 5.60 Å². The minimum Gasteiger partial charge on any atom is -0.481 e. The first-order valence-electron chi connectivity index (χ1n) is 6.06. The van der Waals surface area contributed by atoms with Crippen molar-refractivity contribution in [2.75, 3.05) is 0 Å². The van der Waals surface area contributed by atoms with Crippen LogP contribution in [-0.4, -0.2) is 22.4 Å². The Morgan fingerprint density at radius 1 is 1.50 bits per heavy atom. The molecule has 0 bridgehead atoms. The average molecular weight is 226 g/mol. The van der Waals surface area contributed by atoms with Crippen LogP contribution < -0.4 is 0 Å².